The third kappa shape index (κ3) is 2.45. The van der Waals surface area contributed by atoms with Crippen LogP contribution in [0.2, 0.25) is 0 Å². The van der Waals surface area contributed by atoms with Crippen molar-refractivity contribution in [2.24, 2.45) is 0 Å². The van der Waals surface area contributed by atoms with Gasteiger partial charge in [0.25, 0.3) is 0 Å². The second-order valence-corrected chi connectivity index (χ2v) is 6.59. The lowest BCUT2D eigenvalue weighted by atomic mass is 10.0. The number of aromatic nitrogens is 2. The van der Waals surface area contributed by atoms with Gasteiger partial charge in [-0.1, -0.05) is 48.5 Å². The number of nitrogens with zero attached hydrogens (tertiary/aromatic N) is 1. The van der Waals surface area contributed by atoms with E-state index < -0.39 is 17.6 Å². The first-order valence-electron chi connectivity index (χ1n) is 8.60. The average Bonchev–Trinajstić information content (AvgIpc) is 3.13. The van der Waals surface area contributed by atoms with Crippen LogP contribution in [0.3, 0.4) is 0 Å². The maximum Gasteiger partial charge on any atom is 0.417 e. The van der Waals surface area contributed by atoms with E-state index in [0.717, 1.165) is 33.7 Å². The van der Waals surface area contributed by atoms with Crippen LogP contribution in [0.25, 0.3) is 44.0 Å². The SMILES string of the molecule is Fc1ccc(-c2nc3c4ccccc4c4ccccc4c3[nH]2)c(C(F)(F)F)c1. The molecule has 0 saturated heterocycles. The minimum atomic E-state index is -4.69. The van der Waals surface area contributed by atoms with Gasteiger partial charge in [-0.2, -0.15) is 13.2 Å². The van der Waals surface area contributed by atoms with Gasteiger partial charge in [0.2, 0.25) is 0 Å². The highest BCUT2D eigenvalue weighted by Crippen LogP contribution is 2.39. The van der Waals surface area contributed by atoms with Gasteiger partial charge in [-0.25, -0.2) is 9.37 Å². The molecule has 5 rings (SSSR count). The van der Waals surface area contributed by atoms with E-state index in [1.165, 1.54) is 0 Å². The summed E-state index contributed by atoms with van der Waals surface area (Å²) in [5.41, 5.74) is 0.00179. The summed E-state index contributed by atoms with van der Waals surface area (Å²) in [6.07, 6.45) is -4.69. The molecule has 1 heterocycles. The third-order valence-electron chi connectivity index (χ3n) is 4.91. The zero-order valence-corrected chi connectivity index (χ0v) is 14.3. The highest BCUT2D eigenvalue weighted by Gasteiger charge is 2.35. The van der Waals surface area contributed by atoms with Crippen LogP contribution in [0, 0.1) is 5.82 Å². The van der Waals surface area contributed by atoms with Crippen LogP contribution in [-0.2, 0) is 6.18 Å². The van der Waals surface area contributed by atoms with Gasteiger partial charge in [-0.05, 0) is 29.0 Å². The zero-order chi connectivity index (χ0) is 19.5. The van der Waals surface area contributed by atoms with Crippen molar-refractivity contribution in [3.63, 3.8) is 0 Å². The first kappa shape index (κ1) is 16.7. The number of alkyl halides is 3. The summed E-state index contributed by atoms with van der Waals surface area (Å²) in [7, 11) is 0. The van der Waals surface area contributed by atoms with E-state index in [2.05, 4.69) is 9.97 Å². The monoisotopic (exact) mass is 380 g/mol. The fourth-order valence-corrected chi connectivity index (χ4v) is 3.71. The Hall–Kier alpha value is -3.41. The van der Waals surface area contributed by atoms with Crippen molar-refractivity contribution in [3.8, 4) is 11.4 Å². The Labute approximate surface area is 156 Å². The molecule has 0 radical (unpaired) electrons. The Balaban J connectivity index is 1.90. The molecule has 0 unspecified atom stereocenters. The number of aromatic amines is 1. The van der Waals surface area contributed by atoms with Crippen LogP contribution < -0.4 is 0 Å². The fourth-order valence-electron chi connectivity index (χ4n) is 3.71. The lowest BCUT2D eigenvalue weighted by Gasteiger charge is -2.11. The molecule has 2 nitrogen and oxygen atoms in total. The molecule has 6 heteroatoms. The molecule has 0 spiro atoms. The molecule has 0 fully saturated rings. The van der Waals surface area contributed by atoms with Crippen molar-refractivity contribution >= 4 is 32.6 Å². The second kappa shape index (κ2) is 5.79. The highest BCUT2D eigenvalue weighted by molar-refractivity contribution is 6.23. The molecule has 0 atom stereocenters. The van der Waals surface area contributed by atoms with Gasteiger partial charge in [0.1, 0.15) is 11.6 Å². The maximum atomic E-state index is 13.5. The van der Waals surface area contributed by atoms with Crippen LogP contribution in [0.15, 0.2) is 66.7 Å². The summed E-state index contributed by atoms with van der Waals surface area (Å²) < 4.78 is 53.9. The van der Waals surface area contributed by atoms with Crippen molar-refractivity contribution in [2.45, 2.75) is 6.18 Å². The molecular formula is C22H12F4N2. The quantitative estimate of drug-likeness (QED) is 0.255. The van der Waals surface area contributed by atoms with Crippen molar-refractivity contribution < 1.29 is 17.6 Å². The minimum Gasteiger partial charge on any atom is -0.337 e. The molecule has 1 aromatic heterocycles. The summed E-state index contributed by atoms with van der Waals surface area (Å²) in [6, 6.07) is 17.9. The molecule has 0 aliphatic rings. The number of halogens is 4. The van der Waals surface area contributed by atoms with E-state index in [4.69, 9.17) is 0 Å². The average molecular weight is 380 g/mol. The largest absolute Gasteiger partial charge is 0.417 e. The molecule has 0 amide bonds. The molecule has 0 aliphatic carbocycles. The van der Waals surface area contributed by atoms with Crippen LogP contribution in [0.5, 0.6) is 0 Å². The molecule has 0 aliphatic heterocycles. The van der Waals surface area contributed by atoms with Gasteiger partial charge in [-0.15, -0.1) is 0 Å². The smallest absolute Gasteiger partial charge is 0.337 e. The topological polar surface area (TPSA) is 28.7 Å². The summed E-state index contributed by atoms with van der Waals surface area (Å²) in [4.78, 5) is 7.53. The summed E-state index contributed by atoms with van der Waals surface area (Å²) >= 11 is 0. The van der Waals surface area contributed by atoms with Crippen molar-refractivity contribution in [1.82, 2.24) is 9.97 Å². The van der Waals surface area contributed by atoms with E-state index in [-0.39, 0.29) is 11.4 Å². The number of hydrogen-bond acceptors (Lipinski definition) is 1. The Morgan fingerprint density at radius 2 is 1.36 bits per heavy atom. The van der Waals surface area contributed by atoms with Gasteiger partial charge >= 0.3 is 6.18 Å². The van der Waals surface area contributed by atoms with Crippen molar-refractivity contribution in [3.05, 3.63) is 78.1 Å². The van der Waals surface area contributed by atoms with Crippen LogP contribution in [0.4, 0.5) is 17.6 Å². The number of rotatable bonds is 1. The standard InChI is InChI=1S/C22H12F4N2/c23-12-9-10-17(18(11-12)22(24,25)26)21-27-19-15-7-3-1-5-13(15)14-6-2-4-8-16(14)20(19)28-21/h1-11H,(H,27,28). The lowest BCUT2D eigenvalue weighted by Crippen LogP contribution is -2.08. The molecular weight excluding hydrogens is 368 g/mol. The number of fused-ring (bicyclic) bond motifs is 6. The van der Waals surface area contributed by atoms with Gasteiger partial charge < -0.3 is 4.98 Å². The molecule has 138 valence electrons. The lowest BCUT2D eigenvalue weighted by molar-refractivity contribution is -0.137. The van der Waals surface area contributed by atoms with Crippen molar-refractivity contribution in [1.29, 1.82) is 0 Å². The number of benzene rings is 4. The first-order valence-corrected chi connectivity index (χ1v) is 8.60. The summed E-state index contributed by atoms with van der Waals surface area (Å²) in [6.45, 7) is 0. The first-order chi connectivity index (χ1) is 13.4. The van der Waals surface area contributed by atoms with Gasteiger partial charge in [0.15, 0.2) is 0 Å². The Kier molecular flexibility index (Phi) is 3.46. The Bertz CT molecular complexity index is 1290. The third-order valence-corrected chi connectivity index (χ3v) is 4.91. The molecule has 0 bridgehead atoms. The highest BCUT2D eigenvalue weighted by atomic mass is 19.4. The predicted molar refractivity (Wildman–Crippen MR) is 102 cm³/mol. The summed E-state index contributed by atoms with van der Waals surface area (Å²) in [5.74, 6) is -0.882. The predicted octanol–water partition coefficient (Wildman–Crippen LogP) is 6.69. The second-order valence-electron chi connectivity index (χ2n) is 6.59. The molecule has 28 heavy (non-hydrogen) atoms. The molecule has 0 saturated carbocycles. The number of imidazole rings is 1. The van der Waals surface area contributed by atoms with Gasteiger partial charge in [0, 0.05) is 16.3 Å². The summed E-state index contributed by atoms with van der Waals surface area (Å²) in [5, 5.41) is 3.66. The van der Waals surface area contributed by atoms with E-state index in [9.17, 15) is 17.6 Å². The van der Waals surface area contributed by atoms with E-state index in [1.807, 2.05) is 48.5 Å². The Morgan fingerprint density at radius 3 is 2.04 bits per heavy atom. The normalized spacial score (nSPS) is 12.3. The van der Waals surface area contributed by atoms with Crippen LogP contribution in [0.1, 0.15) is 5.56 Å². The molecule has 5 aromatic rings. The van der Waals surface area contributed by atoms with E-state index in [1.54, 1.807) is 0 Å². The number of hydrogen-bond donors (Lipinski definition) is 1. The van der Waals surface area contributed by atoms with Gasteiger partial charge in [-0.3, -0.25) is 0 Å². The molecule has 1 N–H and O–H groups in total. The van der Waals surface area contributed by atoms with Crippen LogP contribution in [-0.4, -0.2) is 9.97 Å². The van der Waals surface area contributed by atoms with Gasteiger partial charge in [0.05, 0.1) is 16.6 Å². The number of nitrogens with one attached hydrogen (secondary N) is 1. The van der Waals surface area contributed by atoms with Crippen LogP contribution >= 0.6 is 0 Å². The zero-order valence-electron chi connectivity index (χ0n) is 14.3. The maximum absolute atomic E-state index is 13.5. The molecule has 4 aromatic carbocycles. The Morgan fingerprint density at radius 1 is 0.750 bits per heavy atom. The fraction of sp³-hybridized carbons (Fsp3) is 0.0455. The minimum absolute atomic E-state index is 0.0591. The van der Waals surface area contributed by atoms with E-state index in [0.29, 0.717) is 17.1 Å². The number of H-pyrrole nitrogens is 1. The van der Waals surface area contributed by atoms with Crippen molar-refractivity contribution in [2.75, 3.05) is 0 Å². The van der Waals surface area contributed by atoms with E-state index >= 15 is 0 Å².